The topological polar surface area (TPSA) is 73.6 Å². The molecule has 0 bridgehead atoms. The molecule has 0 radical (unpaired) electrons. The normalized spacial score (nSPS) is 11.7. The molecule has 36 heavy (non-hydrogen) atoms. The SMILES string of the molecule is CC(C)c1nc2ccccc2c(=O)n1N=Cc1cc(Br)cc(Br)c1OC(=O)/C=C/c1ccc(Cl)cc1. The van der Waals surface area contributed by atoms with Crippen LogP contribution >= 0.6 is 43.5 Å². The Bertz CT molecular complexity index is 1560. The van der Waals surface area contributed by atoms with Gasteiger partial charge in [0.05, 0.1) is 21.6 Å². The quantitative estimate of drug-likeness (QED) is 0.0979. The molecule has 182 valence electrons. The fraction of sp³-hybridized carbons (Fsp3) is 0.111. The standard InChI is InChI=1S/C27H20Br2ClN3O3/c1-16(2)26-32-23-6-4-3-5-21(23)27(35)33(26)31-15-18-13-19(28)14-22(29)25(18)36-24(34)12-9-17-7-10-20(30)11-8-17/h3-16H,1-2H3/b12-9+,31-15?. The van der Waals surface area contributed by atoms with Crippen LogP contribution in [0.3, 0.4) is 0 Å². The second-order valence-electron chi connectivity index (χ2n) is 8.12. The average Bonchev–Trinajstić information content (AvgIpc) is 2.84. The van der Waals surface area contributed by atoms with Gasteiger partial charge in [0.25, 0.3) is 5.56 Å². The van der Waals surface area contributed by atoms with Crippen LogP contribution in [0.5, 0.6) is 5.75 Å². The van der Waals surface area contributed by atoms with Gasteiger partial charge in [-0.3, -0.25) is 4.79 Å². The van der Waals surface area contributed by atoms with Crippen LogP contribution in [-0.4, -0.2) is 21.8 Å². The lowest BCUT2D eigenvalue weighted by Gasteiger charge is -2.12. The van der Waals surface area contributed by atoms with E-state index < -0.39 is 5.97 Å². The Morgan fingerprint density at radius 1 is 1.11 bits per heavy atom. The number of ether oxygens (including phenoxy) is 1. The van der Waals surface area contributed by atoms with E-state index in [2.05, 4.69) is 41.9 Å². The van der Waals surface area contributed by atoms with E-state index in [0.29, 0.717) is 31.8 Å². The zero-order valence-corrected chi connectivity index (χ0v) is 23.2. The molecule has 0 aliphatic heterocycles. The number of carbonyl (C=O) groups excluding carboxylic acids is 1. The monoisotopic (exact) mass is 627 g/mol. The molecular formula is C27H20Br2ClN3O3. The molecule has 4 rings (SSSR count). The van der Waals surface area contributed by atoms with Crippen LogP contribution in [0.15, 0.2) is 85.6 Å². The number of para-hydroxylation sites is 1. The highest BCUT2D eigenvalue weighted by atomic mass is 79.9. The Balaban J connectivity index is 1.70. The number of aromatic nitrogens is 2. The van der Waals surface area contributed by atoms with Gasteiger partial charge in [-0.05, 0) is 64.0 Å². The van der Waals surface area contributed by atoms with Gasteiger partial charge in [0.15, 0.2) is 5.75 Å². The van der Waals surface area contributed by atoms with Crippen LogP contribution in [0, 0.1) is 0 Å². The maximum absolute atomic E-state index is 13.2. The molecule has 0 aliphatic carbocycles. The number of hydrogen-bond acceptors (Lipinski definition) is 5. The summed E-state index contributed by atoms with van der Waals surface area (Å²) >= 11 is 12.8. The highest BCUT2D eigenvalue weighted by molar-refractivity contribution is 9.11. The van der Waals surface area contributed by atoms with Crippen LogP contribution in [0.25, 0.3) is 17.0 Å². The maximum atomic E-state index is 13.2. The third kappa shape index (κ3) is 6.00. The van der Waals surface area contributed by atoms with Crippen LogP contribution < -0.4 is 10.3 Å². The van der Waals surface area contributed by atoms with E-state index in [1.165, 1.54) is 17.0 Å². The van der Waals surface area contributed by atoms with E-state index in [4.69, 9.17) is 16.3 Å². The molecule has 0 atom stereocenters. The van der Waals surface area contributed by atoms with E-state index in [-0.39, 0.29) is 17.2 Å². The van der Waals surface area contributed by atoms with Gasteiger partial charge in [-0.2, -0.15) is 9.78 Å². The second kappa shape index (κ2) is 11.3. The predicted octanol–water partition coefficient (Wildman–Crippen LogP) is 7.20. The van der Waals surface area contributed by atoms with Crippen molar-refractivity contribution in [3.05, 3.63) is 108 Å². The first kappa shape index (κ1) is 26.0. The number of benzene rings is 3. The first-order valence-corrected chi connectivity index (χ1v) is 12.9. The van der Waals surface area contributed by atoms with Crippen molar-refractivity contribution in [1.82, 2.24) is 9.66 Å². The molecule has 0 saturated heterocycles. The lowest BCUT2D eigenvalue weighted by atomic mass is 10.2. The summed E-state index contributed by atoms with van der Waals surface area (Å²) in [6, 6.07) is 17.7. The van der Waals surface area contributed by atoms with E-state index in [0.717, 1.165) is 10.0 Å². The fourth-order valence-corrected chi connectivity index (χ4v) is 4.87. The Morgan fingerprint density at radius 2 is 1.83 bits per heavy atom. The largest absolute Gasteiger partial charge is 0.421 e. The molecule has 0 saturated carbocycles. The molecule has 0 amide bonds. The van der Waals surface area contributed by atoms with Gasteiger partial charge in [-0.1, -0.05) is 65.6 Å². The van der Waals surface area contributed by atoms with Crippen molar-refractivity contribution in [3.8, 4) is 5.75 Å². The van der Waals surface area contributed by atoms with Crippen molar-refractivity contribution in [1.29, 1.82) is 0 Å². The van der Waals surface area contributed by atoms with Crippen molar-refractivity contribution in [2.45, 2.75) is 19.8 Å². The minimum atomic E-state index is -0.574. The molecule has 0 unspecified atom stereocenters. The van der Waals surface area contributed by atoms with Crippen LogP contribution in [0.4, 0.5) is 0 Å². The van der Waals surface area contributed by atoms with Crippen molar-refractivity contribution in [3.63, 3.8) is 0 Å². The van der Waals surface area contributed by atoms with Gasteiger partial charge in [0.2, 0.25) is 0 Å². The van der Waals surface area contributed by atoms with E-state index in [9.17, 15) is 9.59 Å². The molecule has 1 heterocycles. The first-order valence-electron chi connectivity index (χ1n) is 10.9. The second-order valence-corrected chi connectivity index (χ2v) is 10.3. The molecule has 0 fully saturated rings. The number of fused-ring (bicyclic) bond motifs is 1. The molecule has 0 spiro atoms. The number of hydrogen-bond donors (Lipinski definition) is 0. The molecule has 0 aliphatic rings. The molecule has 3 aromatic carbocycles. The zero-order chi connectivity index (χ0) is 25.8. The summed E-state index contributed by atoms with van der Waals surface area (Å²) in [5.41, 5.74) is 1.63. The van der Waals surface area contributed by atoms with Gasteiger partial charge in [0, 0.05) is 27.1 Å². The van der Waals surface area contributed by atoms with Gasteiger partial charge in [-0.15, -0.1) is 0 Å². The average molecular weight is 630 g/mol. The van der Waals surface area contributed by atoms with Crippen molar-refractivity contribution in [2.75, 3.05) is 0 Å². The van der Waals surface area contributed by atoms with Crippen LogP contribution in [0.2, 0.25) is 5.02 Å². The van der Waals surface area contributed by atoms with Crippen LogP contribution in [0.1, 0.15) is 36.7 Å². The highest BCUT2D eigenvalue weighted by Gasteiger charge is 2.15. The number of nitrogens with zero attached hydrogens (tertiary/aromatic N) is 3. The summed E-state index contributed by atoms with van der Waals surface area (Å²) in [5.74, 6) is 0.160. The number of rotatable bonds is 6. The summed E-state index contributed by atoms with van der Waals surface area (Å²) in [5, 5.41) is 5.53. The van der Waals surface area contributed by atoms with E-state index in [1.807, 2.05) is 19.9 Å². The third-order valence-corrected chi connectivity index (χ3v) is 6.43. The fourth-order valence-electron chi connectivity index (χ4n) is 3.40. The Labute approximate surface area is 229 Å². The van der Waals surface area contributed by atoms with Crippen molar-refractivity contribution in [2.24, 2.45) is 5.10 Å². The predicted molar refractivity (Wildman–Crippen MR) is 151 cm³/mol. The number of carbonyl (C=O) groups is 1. The van der Waals surface area contributed by atoms with Gasteiger partial charge in [-0.25, -0.2) is 9.78 Å². The molecule has 1 aromatic heterocycles. The van der Waals surface area contributed by atoms with Gasteiger partial charge in [0.1, 0.15) is 5.82 Å². The van der Waals surface area contributed by atoms with Crippen molar-refractivity contribution >= 4 is 72.6 Å². The summed E-state index contributed by atoms with van der Waals surface area (Å²) in [7, 11) is 0. The Kier molecular flexibility index (Phi) is 8.18. The summed E-state index contributed by atoms with van der Waals surface area (Å²) in [4.78, 5) is 30.4. The summed E-state index contributed by atoms with van der Waals surface area (Å²) < 4.78 is 8.19. The molecule has 4 aromatic rings. The summed E-state index contributed by atoms with van der Waals surface area (Å²) in [6.45, 7) is 3.89. The van der Waals surface area contributed by atoms with E-state index in [1.54, 1.807) is 60.7 Å². The van der Waals surface area contributed by atoms with Crippen LogP contribution in [-0.2, 0) is 4.79 Å². The first-order chi connectivity index (χ1) is 17.2. The van der Waals surface area contributed by atoms with E-state index >= 15 is 0 Å². The molecule has 0 N–H and O–H groups in total. The van der Waals surface area contributed by atoms with Crippen molar-refractivity contribution < 1.29 is 9.53 Å². The summed E-state index contributed by atoms with van der Waals surface area (Å²) in [6.07, 6.45) is 4.44. The number of esters is 1. The molecule has 6 nitrogen and oxygen atoms in total. The minimum absolute atomic E-state index is 0.0518. The smallest absolute Gasteiger partial charge is 0.336 e. The number of halogens is 3. The van der Waals surface area contributed by atoms with Gasteiger partial charge >= 0.3 is 5.97 Å². The molecule has 9 heteroatoms. The minimum Gasteiger partial charge on any atom is -0.421 e. The van der Waals surface area contributed by atoms with Gasteiger partial charge < -0.3 is 4.74 Å². The third-order valence-electron chi connectivity index (χ3n) is 5.13. The molecular weight excluding hydrogens is 610 g/mol. The highest BCUT2D eigenvalue weighted by Crippen LogP contribution is 2.32. The Morgan fingerprint density at radius 3 is 2.56 bits per heavy atom. The lowest BCUT2D eigenvalue weighted by Crippen LogP contribution is -2.23. The zero-order valence-electron chi connectivity index (χ0n) is 19.3. The lowest BCUT2D eigenvalue weighted by molar-refractivity contribution is -0.128. The Hall–Kier alpha value is -3.07. The maximum Gasteiger partial charge on any atom is 0.336 e.